The van der Waals surface area contributed by atoms with Crippen molar-refractivity contribution in [2.75, 3.05) is 0 Å². The summed E-state index contributed by atoms with van der Waals surface area (Å²) in [5, 5.41) is 8.65. The molecule has 0 bridgehead atoms. The zero-order valence-corrected chi connectivity index (χ0v) is 12.2. The zero-order valence-electron chi connectivity index (χ0n) is 12.2. The number of carboxylic acid groups (broad SMARTS) is 1. The van der Waals surface area contributed by atoms with Crippen LogP contribution in [-0.2, 0) is 14.3 Å². The summed E-state index contributed by atoms with van der Waals surface area (Å²) in [6.07, 6.45) is -21.6. The fourth-order valence-electron chi connectivity index (χ4n) is 1.78. The predicted molar refractivity (Wildman–Crippen MR) is 62.1 cm³/mol. The molecule has 4 nitrogen and oxygen atoms in total. The lowest BCUT2D eigenvalue weighted by molar-refractivity contribution is -0.289. The lowest BCUT2D eigenvalue weighted by Crippen LogP contribution is -2.41. The highest BCUT2D eigenvalue weighted by molar-refractivity contribution is 5.88. The normalized spacial score (nSPS) is 15.6. The van der Waals surface area contributed by atoms with Crippen LogP contribution < -0.4 is 0 Å². The first-order chi connectivity index (χ1) is 10.9. The van der Waals surface area contributed by atoms with Crippen LogP contribution in [0.5, 0.6) is 0 Å². The second kappa shape index (κ2) is 7.52. The summed E-state index contributed by atoms with van der Waals surface area (Å²) in [7, 11) is 0. The maximum Gasteiger partial charge on any atom is 0.490 e. The number of ether oxygens (including phenoxy) is 1. The standard InChI is InChI=1S/C12H11F9O4/c1-4(3-6(10(13,14)15)11(16,17)18)7(5(2)8(22)23)25-9(24)12(19,20)21/h4,6-7H,2-3H2,1H3,(H,22,23). The number of aliphatic carboxylic acids is 1. The van der Waals surface area contributed by atoms with Crippen LogP contribution in [0.2, 0.25) is 0 Å². The van der Waals surface area contributed by atoms with Crippen molar-refractivity contribution in [1.82, 2.24) is 0 Å². The van der Waals surface area contributed by atoms with Gasteiger partial charge in [0.25, 0.3) is 0 Å². The molecule has 0 heterocycles. The molecular formula is C12H11F9O4. The molecule has 2 unspecified atom stereocenters. The summed E-state index contributed by atoms with van der Waals surface area (Å²) in [6, 6.07) is 0. The van der Waals surface area contributed by atoms with Crippen molar-refractivity contribution >= 4 is 11.9 Å². The average molecular weight is 390 g/mol. The van der Waals surface area contributed by atoms with E-state index in [1.807, 2.05) is 0 Å². The van der Waals surface area contributed by atoms with Crippen LogP contribution >= 0.6 is 0 Å². The minimum absolute atomic E-state index is 0.576. The van der Waals surface area contributed by atoms with E-state index >= 15 is 0 Å². The second-order valence-corrected chi connectivity index (χ2v) is 5.00. The van der Waals surface area contributed by atoms with Gasteiger partial charge in [0.2, 0.25) is 0 Å². The van der Waals surface area contributed by atoms with Gasteiger partial charge in [-0.3, -0.25) is 0 Å². The first kappa shape index (κ1) is 23.1. The van der Waals surface area contributed by atoms with Crippen molar-refractivity contribution < 1.29 is 58.9 Å². The van der Waals surface area contributed by atoms with E-state index in [2.05, 4.69) is 11.3 Å². The number of hydrogen-bond acceptors (Lipinski definition) is 3. The highest BCUT2D eigenvalue weighted by atomic mass is 19.4. The Kier molecular flexibility index (Phi) is 6.93. The number of esters is 1. The molecule has 0 amide bonds. The topological polar surface area (TPSA) is 63.6 Å². The third kappa shape index (κ3) is 6.82. The van der Waals surface area contributed by atoms with Crippen LogP contribution in [0.4, 0.5) is 39.5 Å². The highest BCUT2D eigenvalue weighted by Gasteiger charge is 2.57. The number of carbonyl (C=O) groups is 2. The Hall–Kier alpha value is -1.95. The number of alkyl halides is 9. The molecule has 1 N–H and O–H groups in total. The van der Waals surface area contributed by atoms with Crippen LogP contribution in [-0.4, -0.2) is 41.7 Å². The third-order valence-electron chi connectivity index (χ3n) is 3.00. The molecule has 13 heteroatoms. The van der Waals surface area contributed by atoms with E-state index in [0.29, 0.717) is 6.92 Å². The van der Waals surface area contributed by atoms with E-state index in [1.165, 1.54) is 0 Å². The number of carbonyl (C=O) groups excluding carboxylic acids is 1. The van der Waals surface area contributed by atoms with Crippen molar-refractivity contribution in [2.45, 2.75) is 38.0 Å². The van der Waals surface area contributed by atoms with Crippen LogP contribution in [0.3, 0.4) is 0 Å². The van der Waals surface area contributed by atoms with E-state index in [-0.39, 0.29) is 0 Å². The largest absolute Gasteiger partial charge is 0.490 e. The van der Waals surface area contributed by atoms with Gasteiger partial charge in [0.15, 0.2) is 5.92 Å². The third-order valence-corrected chi connectivity index (χ3v) is 3.00. The molecule has 0 rings (SSSR count). The monoisotopic (exact) mass is 390 g/mol. The van der Waals surface area contributed by atoms with Crippen molar-refractivity contribution in [1.29, 1.82) is 0 Å². The van der Waals surface area contributed by atoms with E-state index < -0.39 is 60.4 Å². The SMILES string of the molecule is C=C(C(=O)O)C(OC(=O)C(F)(F)F)C(C)CC(C(F)(F)F)C(F)(F)F. The first-order valence-electron chi connectivity index (χ1n) is 6.22. The Morgan fingerprint density at radius 2 is 1.40 bits per heavy atom. The zero-order chi connectivity index (χ0) is 20.4. The predicted octanol–water partition coefficient (Wildman–Crippen LogP) is 3.87. The number of halogens is 9. The highest BCUT2D eigenvalue weighted by Crippen LogP contribution is 2.44. The van der Waals surface area contributed by atoms with Gasteiger partial charge in [0.05, 0.1) is 5.57 Å². The minimum Gasteiger partial charge on any atom is -0.478 e. The van der Waals surface area contributed by atoms with E-state index in [1.54, 1.807) is 0 Å². The molecule has 0 saturated carbocycles. The van der Waals surface area contributed by atoms with E-state index in [9.17, 15) is 49.1 Å². The molecule has 0 aliphatic rings. The van der Waals surface area contributed by atoms with Crippen molar-refractivity contribution in [2.24, 2.45) is 11.8 Å². The molecule has 0 radical (unpaired) electrons. The molecule has 2 atom stereocenters. The Balaban J connectivity index is 5.61. The van der Waals surface area contributed by atoms with E-state index in [0.717, 1.165) is 0 Å². The molecule has 0 aromatic carbocycles. The van der Waals surface area contributed by atoms with Gasteiger partial charge >= 0.3 is 30.5 Å². The van der Waals surface area contributed by atoms with Crippen LogP contribution in [0.15, 0.2) is 12.2 Å². The van der Waals surface area contributed by atoms with Gasteiger partial charge in [-0.2, -0.15) is 39.5 Å². The summed E-state index contributed by atoms with van der Waals surface area (Å²) in [5.41, 5.74) is -1.30. The van der Waals surface area contributed by atoms with Crippen LogP contribution in [0.25, 0.3) is 0 Å². The molecule has 0 saturated heterocycles. The lowest BCUT2D eigenvalue weighted by atomic mass is 9.87. The Morgan fingerprint density at radius 1 is 1.00 bits per heavy atom. The fourth-order valence-corrected chi connectivity index (χ4v) is 1.78. The molecule has 0 aliphatic carbocycles. The van der Waals surface area contributed by atoms with Crippen LogP contribution in [0, 0.1) is 11.8 Å². The number of rotatable bonds is 6. The molecule has 0 aromatic rings. The summed E-state index contributed by atoms with van der Waals surface area (Å²) >= 11 is 0. The van der Waals surface area contributed by atoms with Crippen molar-refractivity contribution in [3.8, 4) is 0 Å². The second-order valence-electron chi connectivity index (χ2n) is 5.00. The molecule has 146 valence electrons. The average Bonchev–Trinajstić information content (AvgIpc) is 2.36. The summed E-state index contributed by atoms with van der Waals surface area (Å²) in [6.45, 7) is 3.31. The molecular weight excluding hydrogens is 379 g/mol. The molecule has 0 spiro atoms. The lowest BCUT2D eigenvalue weighted by Gasteiger charge is -2.30. The van der Waals surface area contributed by atoms with E-state index in [4.69, 9.17) is 5.11 Å². The maximum atomic E-state index is 12.5. The molecule has 0 aliphatic heterocycles. The quantitative estimate of drug-likeness (QED) is 0.425. The maximum absolute atomic E-state index is 12.5. The fraction of sp³-hybridized carbons (Fsp3) is 0.667. The Bertz CT molecular complexity index is 504. The van der Waals surface area contributed by atoms with Gasteiger partial charge < -0.3 is 9.84 Å². The molecule has 25 heavy (non-hydrogen) atoms. The minimum atomic E-state index is -5.80. The van der Waals surface area contributed by atoms with Gasteiger partial charge in [-0.25, -0.2) is 9.59 Å². The van der Waals surface area contributed by atoms with Gasteiger partial charge in [0, 0.05) is 0 Å². The van der Waals surface area contributed by atoms with Gasteiger partial charge in [-0.15, -0.1) is 0 Å². The van der Waals surface area contributed by atoms with Gasteiger partial charge in [0.1, 0.15) is 6.10 Å². The summed E-state index contributed by atoms with van der Waals surface area (Å²) < 4.78 is 115. The van der Waals surface area contributed by atoms with Gasteiger partial charge in [-0.1, -0.05) is 13.5 Å². The number of hydrogen-bond donors (Lipinski definition) is 1. The Labute approximate surface area is 134 Å². The molecule has 0 aromatic heterocycles. The number of carboxylic acids is 1. The Morgan fingerprint density at radius 3 is 1.68 bits per heavy atom. The first-order valence-corrected chi connectivity index (χ1v) is 6.22. The summed E-state index contributed by atoms with van der Waals surface area (Å²) in [4.78, 5) is 21.5. The van der Waals surface area contributed by atoms with Gasteiger partial charge in [-0.05, 0) is 12.3 Å². The molecule has 0 fully saturated rings. The smallest absolute Gasteiger partial charge is 0.478 e. The van der Waals surface area contributed by atoms with Crippen molar-refractivity contribution in [3.63, 3.8) is 0 Å². The van der Waals surface area contributed by atoms with Crippen molar-refractivity contribution in [3.05, 3.63) is 12.2 Å². The van der Waals surface area contributed by atoms with Crippen LogP contribution in [0.1, 0.15) is 13.3 Å². The summed E-state index contributed by atoms with van der Waals surface area (Å²) in [5.74, 6) is -11.1.